The molecule has 0 aromatic heterocycles. The van der Waals surface area contributed by atoms with Crippen molar-refractivity contribution < 1.29 is 9.90 Å². The second-order valence-corrected chi connectivity index (χ2v) is 5.97. The first-order chi connectivity index (χ1) is 8.74. The van der Waals surface area contributed by atoms with Gasteiger partial charge in [0.05, 0.1) is 5.92 Å². The molecule has 0 saturated heterocycles. The Morgan fingerprint density at radius 2 is 2.00 bits per heavy atom. The van der Waals surface area contributed by atoms with Crippen molar-refractivity contribution in [3.05, 3.63) is 35.9 Å². The van der Waals surface area contributed by atoms with Crippen LogP contribution in [-0.4, -0.2) is 11.1 Å². The molecule has 0 spiro atoms. The molecule has 0 amide bonds. The number of hydrogen-bond donors (Lipinski definition) is 1. The maximum atomic E-state index is 11.6. The van der Waals surface area contributed by atoms with Gasteiger partial charge < -0.3 is 5.11 Å². The van der Waals surface area contributed by atoms with Crippen LogP contribution in [0.15, 0.2) is 30.3 Å². The maximum Gasteiger partial charge on any atom is 0.307 e. The van der Waals surface area contributed by atoms with Gasteiger partial charge >= 0.3 is 5.97 Å². The normalized spacial score (nSPS) is 31.4. The molecule has 1 N–H and O–H groups in total. The Labute approximate surface area is 108 Å². The van der Waals surface area contributed by atoms with Crippen molar-refractivity contribution in [2.24, 2.45) is 23.7 Å². The van der Waals surface area contributed by atoms with E-state index in [-0.39, 0.29) is 5.92 Å². The molecule has 2 heteroatoms. The summed E-state index contributed by atoms with van der Waals surface area (Å²) in [4.78, 5) is 11.6. The molecule has 2 aliphatic rings. The van der Waals surface area contributed by atoms with Gasteiger partial charge in [0.2, 0.25) is 0 Å². The minimum absolute atomic E-state index is 0.178. The summed E-state index contributed by atoms with van der Waals surface area (Å²) in [7, 11) is 0. The summed E-state index contributed by atoms with van der Waals surface area (Å²) in [6.07, 6.45) is 5.72. The molecule has 2 aliphatic carbocycles. The van der Waals surface area contributed by atoms with Gasteiger partial charge in [-0.1, -0.05) is 36.8 Å². The molecule has 96 valence electrons. The van der Waals surface area contributed by atoms with Crippen LogP contribution < -0.4 is 0 Å². The molecule has 2 saturated carbocycles. The van der Waals surface area contributed by atoms with Crippen molar-refractivity contribution in [1.29, 1.82) is 0 Å². The fourth-order valence-electron chi connectivity index (χ4n) is 4.08. The van der Waals surface area contributed by atoms with Crippen LogP contribution in [0.3, 0.4) is 0 Å². The van der Waals surface area contributed by atoms with Gasteiger partial charge in [-0.25, -0.2) is 0 Å². The lowest BCUT2D eigenvalue weighted by Gasteiger charge is -2.27. The van der Waals surface area contributed by atoms with Crippen LogP contribution in [-0.2, 0) is 11.2 Å². The number of carboxylic acid groups (broad SMARTS) is 1. The fraction of sp³-hybridized carbons (Fsp3) is 0.562. The zero-order valence-electron chi connectivity index (χ0n) is 10.6. The highest BCUT2D eigenvalue weighted by Crippen LogP contribution is 2.51. The predicted octanol–water partition coefficient (Wildman–Crippen LogP) is 3.37. The number of hydrogen-bond acceptors (Lipinski definition) is 1. The second-order valence-electron chi connectivity index (χ2n) is 5.97. The molecule has 1 aromatic rings. The summed E-state index contributed by atoms with van der Waals surface area (Å²) in [6, 6.07) is 10.1. The number of fused-ring (bicyclic) bond motifs is 2. The van der Waals surface area contributed by atoms with E-state index < -0.39 is 5.97 Å². The quantitative estimate of drug-likeness (QED) is 0.881. The van der Waals surface area contributed by atoms with Crippen LogP contribution in [0.2, 0.25) is 0 Å². The van der Waals surface area contributed by atoms with Crippen molar-refractivity contribution in [1.82, 2.24) is 0 Å². The minimum atomic E-state index is -0.601. The van der Waals surface area contributed by atoms with E-state index in [1.165, 1.54) is 19.3 Å². The highest BCUT2D eigenvalue weighted by molar-refractivity contribution is 5.71. The summed E-state index contributed by atoms with van der Waals surface area (Å²) in [6.45, 7) is 0. The molecular formula is C16H20O2. The Morgan fingerprint density at radius 1 is 1.22 bits per heavy atom. The van der Waals surface area contributed by atoms with E-state index in [1.54, 1.807) is 0 Å². The molecule has 2 nitrogen and oxygen atoms in total. The first-order valence-corrected chi connectivity index (χ1v) is 7.01. The van der Waals surface area contributed by atoms with Crippen LogP contribution in [0.4, 0.5) is 0 Å². The van der Waals surface area contributed by atoms with Crippen LogP contribution in [0.25, 0.3) is 0 Å². The highest BCUT2D eigenvalue weighted by Gasteiger charge is 2.45. The van der Waals surface area contributed by atoms with Crippen molar-refractivity contribution >= 4 is 5.97 Å². The van der Waals surface area contributed by atoms with Gasteiger partial charge in [-0.2, -0.15) is 0 Å². The maximum absolute atomic E-state index is 11.6. The molecule has 0 heterocycles. The predicted molar refractivity (Wildman–Crippen MR) is 70.2 cm³/mol. The number of carboxylic acids is 1. The van der Waals surface area contributed by atoms with Gasteiger partial charge in [-0.15, -0.1) is 0 Å². The SMILES string of the molecule is O=C(O)C(Cc1ccccc1)C1CC2CCC1C2. The van der Waals surface area contributed by atoms with Crippen molar-refractivity contribution in [2.75, 3.05) is 0 Å². The summed E-state index contributed by atoms with van der Waals surface area (Å²) >= 11 is 0. The summed E-state index contributed by atoms with van der Waals surface area (Å²) in [5, 5.41) is 9.52. The molecule has 4 atom stereocenters. The molecule has 2 bridgehead atoms. The van der Waals surface area contributed by atoms with Crippen molar-refractivity contribution in [2.45, 2.75) is 32.1 Å². The zero-order chi connectivity index (χ0) is 12.5. The van der Waals surface area contributed by atoms with E-state index in [4.69, 9.17) is 0 Å². The lowest BCUT2D eigenvalue weighted by Crippen LogP contribution is -2.29. The summed E-state index contributed by atoms with van der Waals surface area (Å²) in [5.74, 6) is 1.14. The number of aliphatic carboxylic acids is 1. The average molecular weight is 244 g/mol. The third kappa shape index (κ3) is 2.16. The third-order valence-corrected chi connectivity index (χ3v) is 4.93. The van der Waals surface area contributed by atoms with Gasteiger partial charge in [0.1, 0.15) is 0 Å². The molecule has 0 aliphatic heterocycles. The third-order valence-electron chi connectivity index (χ3n) is 4.93. The van der Waals surface area contributed by atoms with Gasteiger partial charge in [0.15, 0.2) is 0 Å². The zero-order valence-corrected chi connectivity index (χ0v) is 10.6. The number of benzene rings is 1. The van der Waals surface area contributed by atoms with Crippen molar-refractivity contribution in [3.63, 3.8) is 0 Å². The monoisotopic (exact) mass is 244 g/mol. The lowest BCUT2D eigenvalue weighted by atomic mass is 9.77. The van der Waals surface area contributed by atoms with E-state index in [0.717, 1.165) is 17.9 Å². The van der Waals surface area contributed by atoms with E-state index in [9.17, 15) is 9.90 Å². The van der Waals surface area contributed by atoms with Crippen molar-refractivity contribution in [3.8, 4) is 0 Å². The van der Waals surface area contributed by atoms with Crippen LogP contribution >= 0.6 is 0 Å². The number of rotatable bonds is 4. The standard InChI is InChI=1S/C16H20O2/c17-16(18)15(9-11-4-2-1-3-5-11)14-10-12-6-7-13(14)8-12/h1-5,12-15H,6-10H2,(H,17,18). The van der Waals surface area contributed by atoms with E-state index in [2.05, 4.69) is 0 Å². The number of carbonyl (C=O) groups is 1. The van der Waals surface area contributed by atoms with Crippen LogP contribution in [0, 0.1) is 23.7 Å². The Kier molecular flexibility index (Phi) is 3.11. The minimum Gasteiger partial charge on any atom is -0.481 e. The lowest BCUT2D eigenvalue weighted by molar-refractivity contribution is -0.144. The smallest absolute Gasteiger partial charge is 0.307 e. The Balaban J connectivity index is 1.75. The second kappa shape index (κ2) is 4.75. The van der Waals surface area contributed by atoms with Gasteiger partial charge in [-0.3, -0.25) is 4.79 Å². The van der Waals surface area contributed by atoms with Crippen LogP contribution in [0.1, 0.15) is 31.2 Å². The van der Waals surface area contributed by atoms with E-state index in [0.29, 0.717) is 18.3 Å². The molecule has 4 unspecified atom stereocenters. The molecular weight excluding hydrogens is 224 g/mol. The molecule has 0 radical (unpaired) electrons. The van der Waals surface area contributed by atoms with E-state index >= 15 is 0 Å². The van der Waals surface area contributed by atoms with Gasteiger partial charge in [0, 0.05) is 0 Å². The summed E-state index contributed by atoms with van der Waals surface area (Å²) in [5.41, 5.74) is 1.16. The first-order valence-electron chi connectivity index (χ1n) is 7.01. The molecule has 3 rings (SSSR count). The first kappa shape index (κ1) is 11.8. The Hall–Kier alpha value is -1.31. The largest absolute Gasteiger partial charge is 0.481 e. The average Bonchev–Trinajstić information content (AvgIpc) is 2.99. The highest BCUT2D eigenvalue weighted by atomic mass is 16.4. The molecule has 1 aromatic carbocycles. The molecule has 2 fully saturated rings. The van der Waals surface area contributed by atoms with Gasteiger partial charge in [0.25, 0.3) is 0 Å². The van der Waals surface area contributed by atoms with Gasteiger partial charge in [-0.05, 0) is 49.0 Å². The van der Waals surface area contributed by atoms with Crippen LogP contribution in [0.5, 0.6) is 0 Å². The Morgan fingerprint density at radius 3 is 2.56 bits per heavy atom. The van der Waals surface area contributed by atoms with E-state index in [1.807, 2.05) is 30.3 Å². The molecule has 18 heavy (non-hydrogen) atoms. The fourth-order valence-corrected chi connectivity index (χ4v) is 4.08. The summed E-state index contributed by atoms with van der Waals surface area (Å²) < 4.78 is 0. The Bertz CT molecular complexity index is 426. The topological polar surface area (TPSA) is 37.3 Å².